The Bertz CT molecular complexity index is 710. The molecule has 6 nitrogen and oxygen atoms in total. The zero-order chi connectivity index (χ0) is 15.5. The molecule has 0 amide bonds. The van der Waals surface area contributed by atoms with Gasteiger partial charge in [-0.2, -0.15) is 13.5 Å². The lowest BCUT2D eigenvalue weighted by molar-refractivity contribution is 0.594. The molecule has 3 N–H and O–H groups in total. The Morgan fingerprint density at radius 1 is 1.29 bits per heavy atom. The molecule has 1 aromatic carbocycles. The number of H-pyrrole nitrogens is 1. The van der Waals surface area contributed by atoms with Gasteiger partial charge in [0.1, 0.15) is 0 Å². The number of aromatic nitrogens is 2. The minimum atomic E-state index is -3.74. The predicted octanol–water partition coefficient (Wildman–Crippen LogP) is 2.28. The Morgan fingerprint density at radius 2 is 1.95 bits per heavy atom. The molecule has 1 heterocycles. The van der Waals surface area contributed by atoms with Crippen LogP contribution < -0.4 is 10.0 Å². The smallest absolute Gasteiger partial charge is 0.281 e. The first-order chi connectivity index (χ1) is 9.94. The molecular formula is C13H17ClN4O2S. The summed E-state index contributed by atoms with van der Waals surface area (Å²) in [5, 5.41) is 10.3. The molecule has 8 heteroatoms. The number of anilines is 1. The Hall–Kier alpha value is -1.57. The van der Waals surface area contributed by atoms with E-state index < -0.39 is 10.0 Å². The van der Waals surface area contributed by atoms with E-state index in [-0.39, 0.29) is 5.03 Å². The first kappa shape index (κ1) is 15.8. The summed E-state index contributed by atoms with van der Waals surface area (Å²) in [6, 6.07) is 6.44. The monoisotopic (exact) mass is 328 g/mol. The highest BCUT2D eigenvalue weighted by Crippen LogP contribution is 2.21. The van der Waals surface area contributed by atoms with Crippen molar-refractivity contribution < 1.29 is 8.42 Å². The van der Waals surface area contributed by atoms with Gasteiger partial charge in [-0.1, -0.05) is 18.5 Å². The molecule has 0 radical (unpaired) electrons. The summed E-state index contributed by atoms with van der Waals surface area (Å²) in [5.41, 5.74) is 1.81. The van der Waals surface area contributed by atoms with Crippen LogP contribution in [0.1, 0.15) is 18.2 Å². The second kappa shape index (κ2) is 6.46. The highest BCUT2D eigenvalue weighted by atomic mass is 35.5. The van der Waals surface area contributed by atoms with Gasteiger partial charge in [0.05, 0.1) is 0 Å². The molecule has 0 saturated carbocycles. The molecule has 0 unspecified atom stereocenters. The van der Waals surface area contributed by atoms with E-state index >= 15 is 0 Å². The number of aromatic amines is 1. The van der Waals surface area contributed by atoms with Crippen LogP contribution in [0.3, 0.4) is 0 Å². The number of rotatable bonds is 6. The third kappa shape index (κ3) is 3.75. The molecule has 114 valence electrons. The fourth-order valence-electron chi connectivity index (χ4n) is 1.83. The van der Waals surface area contributed by atoms with E-state index in [0.717, 1.165) is 12.2 Å². The summed E-state index contributed by atoms with van der Waals surface area (Å²) in [7, 11) is -3.74. The zero-order valence-corrected chi connectivity index (χ0v) is 13.3. The van der Waals surface area contributed by atoms with Crippen molar-refractivity contribution in [3.63, 3.8) is 0 Å². The summed E-state index contributed by atoms with van der Waals surface area (Å²) in [6.45, 7) is 4.93. The zero-order valence-electron chi connectivity index (χ0n) is 11.8. The van der Waals surface area contributed by atoms with Gasteiger partial charge >= 0.3 is 0 Å². The van der Waals surface area contributed by atoms with Crippen molar-refractivity contribution in [3.8, 4) is 0 Å². The summed E-state index contributed by atoms with van der Waals surface area (Å²) in [4.78, 5) is 0. The van der Waals surface area contributed by atoms with Gasteiger partial charge in [0.25, 0.3) is 10.0 Å². The van der Waals surface area contributed by atoms with Crippen molar-refractivity contribution in [1.82, 2.24) is 15.5 Å². The normalized spacial score (nSPS) is 11.6. The molecule has 0 aliphatic heterocycles. The Morgan fingerprint density at radius 3 is 2.57 bits per heavy atom. The number of nitrogens with zero attached hydrogens (tertiary/aromatic N) is 1. The summed E-state index contributed by atoms with van der Waals surface area (Å²) in [6.07, 6.45) is 0. The van der Waals surface area contributed by atoms with Crippen LogP contribution in [-0.2, 0) is 16.6 Å². The van der Waals surface area contributed by atoms with E-state index in [1.54, 1.807) is 31.2 Å². The summed E-state index contributed by atoms with van der Waals surface area (Å²) >= 11 is 5.78. The standard InChI is InChI=1S/C13H17ClN4O2S/c1-3-15-8-12-9(2)16-17-13(12)21(19,20)18-11-6-4-10(14)5-7-11/h4-7,15,18H,3,8H2,1-2H3,(H,16,17). The van der Waals surface area contributed by atoms with Gasteiger partial charge in [-0.15, -0.1) is 0 Å². The number of sulfonamides is 1. The molecule has 0 atom stereocenters. The SMILES string of the molecule is CCNCc1c(S(=O)(=O)Nc2ccc(Cl)cc2)n[nH]c1C. The minimum Gasteiger partial charge on any atom is -0.313 e. The van der Waals surface area contributed by atoms with E-state index in [2.05, 4.69) is 20.2 Å². The number of benzene rings is 1. The fourth-order valence-corrected chi connectivity index (χ4v) is 3.22. The van der Waals surface area contributed by atoms with Gasteiger partial charge in [-0.05, 0) is 37.7 Å². The molecule has 0 fully saturated rings. The van der Waals surface area contributed by atoms with Gasteiger partial charge in [0.15, 0.2) is 0 Å². The molecule has 1 aromatic heterocycles. The first-order valence-electron chi connectivity index (χ1n) is 6.47. The van der Waals surface area contributed by atoms with Gasteiger partial charge in [0, 0.05) is 28.5 Å². The van der Waals surface area contributed by atoms with Crippen LogP contribution in [0.4, 0.5) is 5.69 Å². The number of nitrogens with one attached hydrogen (secondary N) is 3. The average molecular weight is 329 g/mol. The molecular weight excluding hydrogens is 312 g/mol. The van der Waals surface area contributed by atoms with Crippen molar-refractivity contribution in [1.29, 1.82) is 0 Å². The maximum absolute atomic E-state index is 12.4. The lowest BCUT2D eigenvalue weighted by atomic mass is 10.2. The molecule has 0 aliphatic carbocycles. The van der Waals surface area contributed by atoms with Crippen LogP contribution in [-0.4, -0.2) is 25.2 Å². The van der Waals surface area contributed by atoms with Crippen LogP contribution in [0.25, 0.3) is 0 Å². The van der Waals surface area contributed by atoms with Gasteiger partial charge in [-0.3, -0.25) is 9.82 Å². The highest BCUT2D eigenvalue weighted by Gasteiger charge is 2.23. The van der Waals surface area contributed by atoms with E-state index in [1.165, 1.54) is 0 Å². The van der Waals surface area contributed by atoms with Gasteiger partial charge < -0.3 is 5.32 Å². The fraction of sp³-hybridized carbons (Fsp3) is 0.308. The third-order valence-corrected chi connectivity index (χ3v) is 4.54. The number of hydrogen-bond acceptors (Lipinski definition) is 4. The summed E-state index contributed by atoms with van der Waals surface area (Å²) in [5.74, 6) is 0. The topological polar surface area (TPSA) is 86.9 Å². The average Bonchev–Trinajstić information content (AvgIpc) is 2.81. The molecule has 0 saturated heterocycles. The second-order valence-corrected chi connectivity index (χ2v) is 6.56. The van der Waals surface area contributed by atoms with Crippen molar-refractivity contribution in [3.05, 3.63) is 40.5 Å². The molecule has 21 heavy (non-hydrogen) atoms. The van der Waals surface area contributed by atoms with Crippen LogP contribution >= 0.6 is 11.6 Å². The van der Waals surface area contributed by atoms with Gasteiger partial charge in [0.2, 0.25) is 5.03 Å². The second-order valence-electron chi connectivity index (χ2n) is 4.53. The van der Waals surface area contributed by atoms with Crippen LogP contribution in [0.2, 0.25) is 5.02 Å². The Kier molecular flexibility index (Phi) is 4.87. The first-order valence-corrected chi connectivity index (χ1v) is 8.33. The van der Waals surface area contributed by atoms with Crippen LogP contribution in [0.5, 0.6) is 0 Å². The van der Waals surface area contributed by atoms with Crippen molar-refractivity contribution >= 4 is 27.3 Å². The summed E-state index contributed by atoms with van der Waals surface area (Å²) < 4.78 is 27.4. The van der Waals surface area contributed by atoms with E-state index in [4.69, 9.17) is 11.6 Å². The number of halogens is 1. The Balaban J connectivity index is 2.29. The quantitative estimate of drug-likeness (QED) is 0.759. The molecule has 2 aromatic rings. The molecule has 0 aliphatic rings. The van der Waals surface area contributed by atoms with Crippen LogP contribution in [0.15, 0.2) is 29.3 Å². The minimum absolute atomic E-state index is 0.0101. The maximum atomic E-state index is 12.4. The number of aryl methyl sites for hydroxylation is 1. The lowest BCUT2D eigenvalue weighted by Gasteiger charge is -2.08. The van der Waals surface area contributed by atoms with E-state index in [0.29, 0.717) is 22.8 Å². The van der Waals surface area contributed by atoms with Crippen molar-refractivity contribution in [2.24, 2.45) is 0 Å². The molecule has 0 bridgehead atoms. The predicted molar refractivity (Wildman–Crippen MR) is 83.0 cm³/mol. The largest absolute Gasteiger partial charge is 0.313 e. The highest BCUT2D eigenvalue weighted by molar-refractivity contribution is 7.92. The van der Waals surface area contributed by atoms with Crippen LogP contribution in [0, 0.1) is 6.92 Å². The van der Waals surface area contributed by atoms with E-state index in [9.17, 15) is 8.42 Å². The van der Waals surface area contributed by atoms with Crippen molar-refractivity contribution in [2.75, 3.05) is 11.3 Å². The van der Waals surface area contributed by atoms with Gasteiger partial charge in [-0.25, -0.2) is 0 Å². The third-order valence-electron chi connectivity index (χ3n) is 2.94. The maximum Gasteiger partial charge on any atom is 0.281 e. The molecule has 2 rings (SSSR count). The lowest BCUT2D eigenvalue weighted by Crippen LogP contribution is -2.19. The number of hydrogen-bond donors (Lipinski definition) is 3. The molecule has 0 spiro atoms. The Labute approximate surface area is 129 Å². The van der Waals surface area contributed by atoms with Crippen molar-refractivity contribution in [2.45, 2.75) is 25.4 Å². The van der Waals surface area contributed by atoms with E-state index in [1.807, 2.05) is 6.92 Å².